The zero-order valence-electron chi connectivity index (χ0n) is 13.6. The Morgan fingerprint density at radius 1 is 1.17 bits per heavy atom. The Morgan fingerprint density at radius 2 is 1.67 bits per heavy atom. The second-order valence-electron chi connectivity index (χ2n) is 5.63. The highest BCUT2D eigenvalue weighted by molar-refractivity contribution is 6.21. The lowest BCUT2D eigenvalue weighted by molar-refractivity contribution is -0.138. The number of nitrogens with zero attached hydrogens (tertiary/aromatic N) is 1. The van der Waals surface area contributed by atoms with E-state index in [4.69, 9.17) is 38.8 Å². The highest BCUT2D eigenvalue weighted by atomic mass is 35.5. The summed E-state index contributed by atoms with van der Waals surface area (Å²) < 4.78 is 5.31. The number of ether oxygens (including phenoxy) is 1. The van der Waals surface area contributed by atoms with E-state index in [2.05, 4.69) is 0 Å². The van der Waals surface area contributed by atoms with Crippen molar-refractivity contribution in [1.82, 2.24) is 4.90 Å². The molecular weight excluding hydrogens is 355 g/mol. The van der Waals surface area contributed by atoms with Gasteiger partial charge in [-0.25, -0.2) is 4.79 Å². The number of nitrogens with two attached hydrogens (primary N) is 1. The molecule has 3 N–H and O–H groups in total. The topological polar surface area (TPSA) is 92.9 Å². The van der Waals surface area contributed by atoms with Crippen LogP contribution in [0.2, 0.25) is 0 Å². The van der Waals surface area contributed by atoms with E-state index in [0.29, 0.717) is 18.8 Å². The molecule has 3 unspecified atom stereocenters. The number of carboxylic acids is 1. The van der Waals surface area contributed by atoms with E-state index in [1.165, 1.54) is 4.90 Å². The van der Waals surface area contributed by atoms with Gasteiger partial charge in [-0.3, -0.25) is 4.79 Å². The molecule has 0 spiro atoms. The number of alkyl halides is 2. The lowest BCUT2D eigenvalue weighted by Crippen LogP contribution is -2.40. The van der Waals surface area contributed by atoms with Crippen LogP contribution < -0.4 is 10.5 Å². The van der Waals surface area contributed by atoms with Crippen LogP contribution in [0.15, 0.2) is 24.3 Å². The van der Waals surface area contributed by atoms with Gasteiger partial charge in [0, 0.05) is 23.8 Å². The smallest absolute Gasteiger partial charge is 0.415 e. The van der Waals surface area contributed by atoms with Crippen molar-refractivity contribution in [3.8, 4) is 5.75 Å². The number of rotatable bonds is 8. The summed E-state index contributed by atoms with van der Waals surface area (Å²) in [5.74, 6) is -0.714. The van der Waals surface area contributed by atoms with Crippen molar-refractivity contribution in [2.75, 3.05) is 13.1 Å². The molecule has 0 saturated heterocycles. The van der Waals surface area contributed by atoms with Crippen molar-refractivity contribution in [3.63, 3.8) is 0 Å². The molecule has 0 aromatic heterocycles. The van der Waals surface area contributed by atoms with Gasteiger partial charge in [0.05, 0.1) is 0 Å². The van der Waals surface area contributed by atoms with Gasteiger partial charge in [-0.05, 0) is 38.0 Å². The maximum absolute atomic E-state index is 12.2. The van der Waals surface area contributed by atoms with E-state index in [-0.39, 0.29) is 17.2 Å². The molecule has 24 heavy (non-hydrogen) atoms. The van der Waals surface area contributed by atoms with Crippen molar-refractivity contribution in [1.29, 1.82) is 0 Å². The van der Waals surface area contributed by atoms with Crippen LogP contribution in [0.25, 0.3) is 0 Å². The normalized spacial score (nSPS) is 14.5. The second-order valence-corrected chi connectivity index (χ2v) is 7.12. The summed E-state index contributed by atoms with van der Waals surface area (Å²) in [4.78, 5) is 24.4. The number of carbonyl (C=O) groups is 2. The third-order valence-corrected chi connectivity index (χ3v) is 3.38. The molecule has 1 aromatic carbocycles. The summed E-state index contributed by atoms with van der Waals surface area (Å²) in [6.45, 7) is 4.20. The van der Waals surface area contributed by atoms with Gasteiger partial charge in [-0.1, -0.05) is 12.1 Å². The minimum Gasteiger partial charge on any atom is -0.480 e. The van der Waals surface area contributed by atoms with E-state index in [0.717, 1.165) is 5.56 Å². The standard InChI is InChI=1S/C16H22Cl2N2O4/c1-10(17)8-20(9-11(2)18)16(23)24-13-5-3-12(4-6-13)7-14(19)15(21)22/h3-6,10-11,14H,7-9,19H2,1-2H3,(H,21,22). The minimum atomic E-state index is -1.06. The van der Waals surface area contributed by atoms with Crippen molar-refractivity contribution in [2.45, 2.75) is 37.1 Å². The van der Waals surface area contributed by atoms with Gasteiger partial charge in [0.1, 0.15) is 11.8 Å². The Bertz CT molecular complexity index is 540. The molecule has 8 heteroatoms. The van der Waals surface area contributed by atoms with Crippen molar-refractivity contribution in [3.05, 3.63) is 29.8 Å². The highest BCUT2D eigenvalue weighted by Gasteiger charge is 2.20. The Labute approximate surface area is 151 Å². The summed E-state index contributed by atoms with van der Waals surface area (Å²) in [7, 11) is 0. The van der Waals surface area contributed by atoms with E-state index in [9.17, 15) is 9.59 Å². The molecule has 6 nitrogen and oxygen atoms in total. The van der Waals surface area contributed by atoms with Gasteiger partial charge in [0.15, 0.2) is 0 Å². The number of hydrogen-bond acceptors (Lipinski definition) is 4. The van der Waals surface area contributed by atoms with Crippen LogP contribution in [0.3, 0.4) is 0 Å². The number of halogens is 2. The van der Waals surface area contributed by atoms with Crippen LogP contribution in [-0.2, 0) is 11.2 Å². The largest absolute Gasteiger partial charge is 0.480 e. The van der Waals surface area contributed by atoms with Crippen LogP contribution in [0.5, 0.6) is 5.75 Å². The fraction of sp³-hybridized carbons (Fsp3) is 0.500. The SMILES string of the molecule is CC(Cl)CN(CC(C)Cl)C(=O)Oc1ccc(CC(N)C(=O)O)cc1. The molecule has 134 valence electrons. The first-order chi connectivity index (χ1) is 11.2. The van der Waals surface area contributed by atoms with Gasteiger partial charge >= 0.3 is 12.1 Å². The number of carbonyl (C=O) groups excluding carboxylic acids is 1. The first-order valence-corrected chi connectivity index (χ1v) is 8.38. The van der Waals surface area contributed by atoms with Crippen LogP contribution in [0, 0.1) is 0 Å². The van der Waals surface area contributed by atoms with Crippen LogP contribution in [0.1, 0.15) is 19.4 Å². The van der Waals surface area contributed by atoms with E-state index >= 15 is 0 Å². The van der Waals surface area contributed by atoms with Gasteiger partial charge in [-0.15, -0.1) is 23.2 Å². The average Bonchev–Trinajstić information content (AvgIpc) is 2.47. The lowest BCUT2D eigenvalue weighted by atomic mass is 10.1. The summed E-state index contributed by atoms with van der Waals surface area (Å²) in [5, 5.41) is 8.34. The van der Waals surface area contributed by atoms with Gasteiger partial charge in [0.25, 0.3) is 0 Å². The lowest BCUT2D eigenvalue weighted by Gasteiger charge is -2.24. The van der Waals surface area contributed by atoms with E-state index in [1.807, 2.05) is 0 Å². The van der Waals surface area contributed by atoms with Crippen molar-refractivity contribution < 1.29 is 19.4 Å². The molecule has 0 fully saturated rings. The maximum Gasteiger partial charge on any atom is 0.415 e. The zero-order valence-corrected chi connectivity index (χ0v) is 15.1. The van der Waals surface area contributed by atoms with Crippen molar-refractivity contribution >= 4 is 35.3 Å². The van der Waals surface area contributed by atoms with Crippen LogP contribution >= 0.6 is 23.2 Å². The van der Waals surface area contributed by atoms with Gasteiger partial charge in [-0.2, -0.15) is 0 Å². The molecule has 0 saturated carbocycles. The number of amides is 1. The minimum absolute atomic E-state index is 0.198. The number of aliphatic carboxylic acids is 1. The van der Waals surface area contributed by atoms with Crippen LogP contribution in [-0.4, -0.2) is 52.0 Å². The third-order valence-electron chi connectivity index (χ3n) is 3.10. The predicted octanol–water partition coefficient (Wildman–Crippen LogP) is 2.70. The molecule has 0 aliphatic heterocycles. The summed E-state index contributed by atoms with van der Waals surface area (Å²) >= 11 is 11.9. The second kappa shape index (κ2) is 9.71. The molecule has 0 bridgehead atoms. The Hall–Kier alpha value is -1.50. The molecule has 1 rings (SSSR count). The predicted molar refractivity (Wildman–Crippen MR) is 94.0 cm³/mol. The molecule has 0 radical (unpaired) electrons. The Kier molecular flexibility index (Phi) is 8.31. The van der Waals surface area contributed by atoms with E-state index < -0.39 is 18.1 Å². The molecule has 1 amide bonds. The fourth-order valence-corrected chi connectivity index (χ4v) is 2.36. The molecular formula is C16H22Cl2N2O4. The fourth-order valence-electron chi connectivity index (χ4n) is 2.03. The van der Waals surface area contributed by atoms with Gasteiger partial charge in [0.2, 0.25) is 0 Å². The number of carboxylic acid groups (broad SMARTS) is 1. The summed E-state index contributed by atoms with van der Waals surface area (Å²) in [6.07, 6.45) is -0.339. The Balaban J connectivity index is 2.69. The molecule has 1 aromatic rings. The van der Waals surface area contributed by atoms with Crippen LogP contribution in [0.4, 0.5) is 4.79 Å². The molecule has 0 heterocycles. The Morgan fingerprint density at radius 3 is 2.08 bits per heavy atom. The zero-order chi connectivity index (χ0) is 18.3. The molecule has 0 aliphatic carbocycles. The van der Waals surface area contributed by atoms with Crippen molar-refractivity contribution in [2.24, 2.45) is 5.73 Å². The molecule has 3 atom stereocenters. The maximum atomic E-state index is 12.2. The van der Waals surface area contributed by atoms with Gasteiger partial charge < -0.3 is 20.5 Å². The average molecular weight is 377 g/mol. The first-order valence-electron chi connectivity index (χ1n) is 7.51. The first kappa shape index (κ1) is 20.5. The number of hydrogen-bond donors (Lipinski definition) is 2. The highest BCUT2D eigenvalue weighted by Crippen LogP contribution is 2.15. The summed E-state index contributed by atoms with van der Waals surface area (Å²) in [6, 6.07) is 5.56. The van der Waals surface area contributed by atoms with E-state index in [1.54, 1.807) is 38.1 Å². The quantitative estimate of drug-likeness (QED) is 0.680. The molecule has 0 aliphatic rings. The number of benzene rings is 1. The third kappa shape index (κ3) is 7.38. The monoisotopic (exact) mass is 376 g/mol. The summed E-state index contributed by atoms with van der Waals surface area (Å²) in [5.41, 5.74) is 6.22.